The van der Waals surface area contributed by atoms with Crippen LogP contribution in [-0.4, -0.2) is 51.8 Å². The summed E-state index contributed by atoms with van der Waals surface area (Å²) in [6.45, 7) is 0.541. The summed E-state index contributed by atoms with van der Waals surface area (Å²) in [5.41, 5.74) is 1.12. The maximum Gasteiger partial charge on any atom is 0.414 e. The number of aromatic nitrogens is 1. The molecular formula is C12H15FN2O4. The van der Waals surface area contributed by atoms with Crippen LogP contribution >= 0.6 is 0 Å². The Labute approximate surface area is 109 Å². The molecule has 19 heavy (non-hydrogen) atoms. The number of alkyl halides is 1. The Bertz CT molecular complexity index is 429. The Morgan fingerprint density at radius 2 is 2.05 bits per heavy atom. The SMILES string of the molecule is CN1CC(F)C[C@H]1c1cccnc1.O=C(O)C(=O)O. The number of hydrogen-bond acceptors (Lipinski definition) is 4. The Morgan fingerprint density at radius 3 is 2.42 bits per heavy atom. The highest BCUT2D eigenvalue weighted by molar-refractivity contribution is 6.27. The number of hydrogen-bond donors (Lipinski definition) is 2. The summed E-state index contributed by atoms with van der Waals surface area (Å²) >= 11 is 0. The molecule has 0 bridgehead atoms. The van der Waals surface area contributed by atoms with Gasteiger partial charge in [0.15, 0.2) is 0 Å². The summed E-state index contributed by atoms with van der Waals surface area (Å²) in [4.78, 5) is 24.3. The Kier molecular flexibility index (Phi) is 5.37. The van der Waals surface area contributed by atoms with Crippen LogP contribution in [0.4, 0.5) is 4.39 Å². The van der Waals surface area contributed by atoms with Crippen molar-refractivity contribution in [2.45, 2.75) is 18.6 Å². The molecule has 1 fully saturated rings. The maximum atomic E-state index is 13.0. The molecule has 1 aromatic rings. The highest BCUT2D eigenvalue weighted by atomic mass is 19.1. The van der Waals surface area contributed by atoms with E-state index in [1.54, 1.807) is 6.20 Å². The van der Waals surface area contributed by atoms with Gasteiger partial charge in [0.05, 0.1) is 0 Å². The number of aliphatic carboxylic acids is 2. The first-order chi connectivity index (χ1) is 8.91. The van der Waals surface area contributed by atoms with Gasteiger partial charge in [-0.2, -0.15) is 0 Å². The van der Waals surface area contributed by atoms with Gasteiger partial charge in [0.1, 0.15) is 6.17 Å². The van der Waals surface area contributed by atoms with E-state index in [2.05, 4.69) is 4.98 Å². The lowest BCUT2D eigenvalue weighted by Gasteiger charge is -2.18. The molecule has 1 aliphatic heterocycles. The molecule has 0 aliphatic carbocycles. The van der Waals surface area contributed by atoms with E-state index in [1.807, 2.05) is 30.3 Å². The lowest BCUT2D eigenvalue weighted by atomic mass is 10.1. The second-order valence-corrected chi connectivity index (χ2v) is 4.19. The standard InChI is InChI=1S/C10H13FN2.C2H2O4/c1-13-7-9(11)5-10(13)8-3-2-4-12-6-8;3-1(4)2(5)6/h2-4,6,9-10H,5,7H2,1H3;(H,3,4)(H,5,6)/t9?,10-;/m0./s1. The predicted octanol–water partition coefficient (Wildman–Crippen LogP) is 0.952. The van der Waals surface area contributed by atoms with Crippen molar-refractivity contribution in [3.8, 4) is 0 Å². The minimum Gasteiger partial charge on any atom is -0.473 e. The average molecular weight is 270 g/mol. The zero-order valence-corrected chi connectivity index (χ0v) is 10.4. The molecule has 0 aromatic carbocycles. The zero-order valence-electron chi connectivity index (χ0n) is 10.4. The van der Waals surface area contributed by atoms with E-state index in [9.17, 15) is 4.39 Å². The van der Waals surface area contributed by atoms with Gasteiger partial charge in [0, 0.05) is 25.0 Å². The molecule has 1 unspecified atom stereocenters. The smallest absolute Gasteiger partial charge is 0.414 e. The highest BCUT2D eigenvalue weighted by Gasteiger charge is 2.30. The van der Waals surface area contributed by atoms with Crippen molar-refractivity contribution in [1.29, 1.82) is 0 Å². The molecule has 0 spiro atoms. The van der Waals surface area contributed by atoms with Crippen LogP contribution in [0.25, 0.3) is 0 Å². The molecular weight excluding hydrogens is 255 g/mol. The second kappa shape index (κ2) is 6.79. The summed E-state index contributed by atoms with van der Waals surface area (Å²) in [6, 6.07) is 4.12. The van der Waals surface area contributed by atoms with E-state index in [4.69, 9.17) is 19.8 Å². The van der Waals surface area contributed by atoms with E-state index in [0.717, 1.165) is 5.56 Å². The number of rotatable bonds is 1. The predicted molar refractivity (Wildman–Crippen MR) is 64.4 cm³/mol. The summed E-state index contributed by atoms with van der Waals surface area (Å²) in [7, 11) is 1.96. The molecule has 1 aliphatic rings. The number of nitrogens with zero attached hydrogens (tertiary/aromatic N) is 2. The Balaban J connectivity index is 0.000000258. The van der Waals surface area contributed by atoms with Gasteiger partial charge in [-0.05, 0) is 25.1 Å². The van der Waals surface area contributed by atoms with E-state index in [-0.39, 0.29) is 6.04 Å². The summed E-state index contributed by atoms with van der Waals surface area (Å²) < 4.78 is 13.0. The highest BCUT2D eigenvalue weighted by Crippen LogP contribution is 2.31. The van der Waals surface area contributed by atoms with Crippen LogP contribution < -0.4 is 0 Å². The lowest BCUT2D eigenvalue weighted by Crippen LogP contribution is -2.18. The molecule has 2 rings (SSSR count). The zero-order chi connectivity index (χ0) is 14.4. The van der Waals surface area contributed by atoms with Crippen molar-refractivity contribution in [2.75, 3.05) is 13.6 Å². The van der Waals surface area contributed by atoms with E-state index < -0.39 is 18.1 Å². The Morgan fingerprint density at radius 1 is 1.42 bits per heavy atom. The van der Waals surface area contributed by atoms with Gasteiger partial charge in [0.2, 0.25) is 0 Å². The van der Waals surface area contributed by atoms with Gasteiger partial charge in [-0.15, -0.1) is 0 Å². The molecule has 0 saturated carbocycles. The third kappa shape index (κ3) is 4.63. The number of carboxylic acid groups (broad SMARTS) is 2. The van der Waals surface area contributed by atoms with Crippen LogP contribution in [0.1, 0.15) is 18.0 Å². The molecule has 0 radical (unpaired) electrons. The van der Waals surface area contributed by atoms with E-state index >= 15 is 0 Å². The fourth-order valence-corrected chi connectivity index (χ4v) is 1.90. The minimum absolute atomic E-state index is 0.212. The van der Waals surface area contributed by atoms with E-state index in [0.29, 0.717) is 13.0 Å². The molecule has 6 nitrogen and oxygen atoms in total. The van der Waals surface area contributed by atoms with Gasteiger partial charge in [-0.1, -0.05) is 6.07 Å². The molecule has 104 valence electrons. The molecule has 2 atom stereocenters. The fourth-order valence-electron chi connectivity index (χ4n) is 1.90. The number of pyridine rings is 1. The summed E-state index contributed by atoms with van der Waals surface area (Å²) in [5.74, 6) is -3.65. The molecule has 1 aromatic heterocycles. The summed E-state index contributed by atoms with van der Waals surface area (Å²) in [6.07, 6.45) is 3.47. The van der Waals surface area contributed by atoms with Crippen molar-refractivity contribution in [3.63, 3.8) is 0 Å². The largest absolute Gasteiger partial charge is 0.473 e. The number of carboxylic acids is 2. The van der Waals surface area contributed by atoms with Gasteiger partial charge in [-0.3, -0.25) is 9.88 Å². The topological polar surface area (TPSA) is 90.7 Å². The number of carbonyl (C=O) groups is 2. The van der Waals surface area contributed by atoms with Crippen LogP contribution in [0.15, 0.2) is 24.5 Å². The van der Waals surface area contributed by atoms with Gasteiger partial charge in [0.25, 0.3) is 0 Å². The fraction of sp³-hybridized carbons (Fsp3) is 0.417. The Hall–Kier alpha value is -2.02. The number of likely N-dealkylation sites (tertiary alicyclic amines) is 1. The van der Waals surface area contributed by atoms with Gasteiger partial charge in [-0.25, -0.2) is 14.0 Å². The van der Waals surface area contributed by atoms with Crippen LogP contribution in [0.2, 0.25) is 0 Å². The molecule has 2 heterocycles. The van der Waals surface area contributed by atoms with Crippen LogP contribution in [0.3, 0.4) is 0 Å². The summed E-state index contributed by atoms with van der Waals surface area (Å²) in [5, 5.41) is 14.8. The van der Waals surface area contributed by atoms with Crippen molar-refractivity contribution >= 4 is 11.9 Å². The normalized spacial score (nSPS) is 22.4. The first-order valence-corrected chi connectivity index (χ1v) is 5.62. The van der Waals surface area contributed by atoms with Crippen molar-refractivity contribution in [1.82, 2.24) is 9.88 Å². The monoisotopic (exact) mass is 270 g/mol. The second-order valence-electron chi connectivity index (χ2n) is 4.19. The van der Waals surface area contributed by atoms with Gasteiger partial charge < -0.3 is 10.2 Å². The van der Waals surface area contributed by atoms with Crippen molar-refractivity contribution in [2.24, 2.45) is 0 Å². The minimum atomic E-state index is -1.82. The van der Waals surface area contributed by atoms with Gasteiger partial charge >= 0.3 is 11.9 Å². The third-order valence-corrected chi connectivity index (χ3v) is 2.75. The molecule has 2 N–H and O–H groups in total. The molecule has 0 amide bonds. The first-order valence-electron chi connectivity index (χ1n) is 5.62. The van der Waals surface area contributed by atoms with Crippen LogP contribution in [-0.2, 0) is 9.59 Å². The van der Waals surface area contributed by atoms with E-state index in [1.165, 1.54) is 0 Å². The first kappa shape index (κ1) is 15.0. The quantitative estimate of drug-likeness (QED) is 0.738. The number of halogens is 1. The lowest BCUT2D eigenvalue weighted by molar-refractivity contribution is -0.159. The van der Waals surface area contributed by atoms with Crippen LogP contribution in [0, 0.1) is 0 Å². The maximum absolute atomic E-state index is 13.0. The van der Waals surface area contributed by atoms with Crippen molar-refractivity contribution in [3.05, 3.63) is 30.1 Å². The molecule has 1 saturated heterocycles. The van der Waals surface area contributed by atoms with Crippen molar-refractivity contribution < 1.29 is 24.2 Å². The van der Waals surface area contributed by atoms with Crippen LogP contribution in [0.5, 0.6) is 0 Å². The average Bonchev–Trinajstić information content (AvgIpc) is 2.70. The molecule has 7 heteroatoms. The third-order valence-electron chi connectivity index (χ3n) is 2.75.